The van der Waals surface area contributed by atoms with Crippen molar-refractivity contribution < 1.29 is 0 Å². The summed E-state index contributed by atoms with van der Waals surface area (Å²) in [4.78, 5) is 9.66. The Morgan fingerprint density at radius 2 is 2.05 bits per heavy atom. The van der Waals surface area contributed by atoms with Crippen LogP contribution in [0.1, 0.15) is 43.5 Å². The molecule has 3 rings (SSSR count). The van der Waals surface area contributed by atoms with E-state index in [0.29, 0.717) is 6.04 Å². The van der Waals surface area contributed by atoms with Crippen molar-refractivity contribution in [1.29, 1.82) is 5.26 Å². The number of pyridine rings is 1. The van der Waals surface area contributed by atoms with Crippen LogP contribution < -0.4 is 4.90 Å². The van der Waals surface area contributed by atoms with Gasteiger partial charge in [0.1, 0.15) is 11.9 Å². The molecule has 0 bridgehead atoms. The van der Waals surface area contributed by atoms with Crippen molar-refractivity contribution in [2.75, 3.05) is 31.1 Å². The molecule has 4 heteroatoms. The molecule has 2 aliphatic rings. The minimum absolute atomic E-state index is 0.649. The molecule has 4 nitrogen and oxygen atoms in total. The van der Waals surface area contributed by atoms with Gasteiger partial charge in [0.05, 0.1) is 5.56 Å². The van der Waals surface area contributed by atoms with Crippen molar-refractivity contribution in [1.82, 2.24) is 9.88 Å². The van der Waals surface area contributed by atoms with Crippen LogP contribution in [0.25, 0.3) is 0 Å². The Kier molecular flexibility index (Phi) is 4.12. The molecular formula is C17H24N4. The Hall–Kier alpha value is -1.60. The van der Waals surface area contributed by atoms with Gasteiger partial charge in [-0.3, -0.25) is 4.90 Å². The van der Waals surface area contributed by atoms with Gasteiger partial charge in [0.25, 0.3) is 0 Å². The molecule has 1 saturated heterocycles. The molecule has 0 radical (unpaired) electrons. The minimum atomic E-state index is 0.649. The highest BCUT2D eigenvalue weighted by Crippen LogP contribution is 2.27. The Bertz CT molecular complexity index is 553. The number of hydrogen-bond donors (Lipinski definition) is 0. The van der Waals surface area contributed by atoms with Gasteiger partial charge >= 0.3 is 0 Å². The van der Waals surface area contributed by atoms with Crippen LogP contribution in [0.5, 0.6) is 0 Å². The lowest BCUT2D eigenvalue weighted by molar-refractivity contribution is 0.192. The highest BCUT2D eigenvalue weighted by Gasteiger charge is 2.24. The number of piperazine rings is 1. The average Bonchev–Trinajstić information content (AvgIpc) is 3.00. The van der Waals surface area contributed by atoms with E-state index in [2.05, 4.69) is 35.8 Å². The van der Waals surface area contributed by atoms with Crippen LogP contribution >= 0.6 is 0 Å². The Labute approximate surface area is 127 Å². The van der Waals surface area contributed by atoms with Gasteiger partial charge in [0, 0.05) is 37.9 Å². The quantitative estimate of drug-likeness (QED) is 0.854. The second-order valence-corrected chi connectivity index (χ2v) is 6.21. The minimum Gasteiger partial charge on any atom is -0.353 e. The number of rotatable bonds is 3. The largest absolute Gasteiger partial charge is 0.353 e. The Balaban J connectivity index is 1.78. The summed E-state index contributed by atoms with van der Waals surface area (Å²) < 4.78 is 0. The topological polar surface area (TPSA) is 43.2 Å². The predicted molar refractivity (Wildman–Crippen MR) is 84.5 cm³/mol. The number of fused-ring (bicyclic) bond motifs is 1. The summed E-state index contributed by atoms with van der Waals surface area (Å²) >= 11 is 0. The summed E-state index contributed by atoms with van der Waals surface area (Å²) in [6.45, 7) is 8.63. The standard InChI is InChI=1S/C17H24N4/c1-3-13(2)20-7-9-21(10-8-20)17-15(12-18)11-14-5-4-6-16(14)19-17/h11,13H,3-10H2,1-2H3. The molecule has 1 aromatic rings. The number of hydrogen-bond acceptors (Lipinski definition) is 4. The number of aromatic nitrogens is 1. The first-order valence-corrected chi connectivity index (χ1v) is 8.14. The predicted octanol–water partition coefficient (Wildman–Crippen LogP) is 2.36. The zero-order chi connectivity index (χ0) is 14.8. The van der Waals surface area contributed by atoms with E-state index in [9.17, 15) is 5.26 Å². The van der Waals surface area contributed by atoms with E-state index in [0.717, 1.165) is 50.4 Å². The van der Waals surface area contributed by atoms with Crippen molar-refractivity contribution >= 4 is 5.82 Å². The van der Waals surface area contributed by atoms with E-state index in [4.69, 9.17) is 4.98 Å². The normalized spacial score (nSPS) is 20.1. The van der Waals surface area contributed by atoms with Crippen molar-refractivity contribution in [3.63, 3.8) is 0 Å². The lowest BCUT2D eigenvalue weighted by Crippen LogP contribution is -2.50. The van der Waals surface area contributed by atoms with Gasteiger partial charge < -0.3 is 4.90 Å². The first kappa shape index (κ1) is 14.3. The lowest BCUT2D eigenvalue weighted by atomic mass is 10.1. The molecule has 2 heterocycles. The highest BCUT2D eigenvalue weighted by atomic mass is 15.3. The van der Waals surface area contributed by atoms with Crippen LogP contribution in [0.4, 0.5) is 5.82 Å². The smallest absolute Gasteiger partial charge is 0.146 e. The van der Waals surface area contributed by atoms with Gasteiger partial charge in [-0.2, -0.15) is 5.26 Å². The van der Waals surface area contributed by atoms with E-state index in [1.165, 1.54) is 24.1 Å². The van der Waals surface area contributed by atoms with E-state index in [1.807, 2.05) is 0 Å². The fourth-order valence-corrected chi connectivity index (χ4v) is 3.42. The second-order valence-electron chi connectivity index (χ2n) is 6.21. The zero-order valence-electron chi connectivity index (χ0n) is 13.1. The zero-order valence-corrected chi connectivity index (χ0v) is 13.1. The summed E-state index contributed by atoms with van der Waals surface area (Å²) in [5.41, 5.74) is 3.26. The molecule has 0 spiro atoms. The van der Waals surface area contributed by atoms with Gasteiger partial charge in [0.15, 0.2) is 0 Å². The number of nitriles is 1. The molecule has 0 saturated carbocycles. The SMILES string of the molecule is CCC(C)N1CCN(c2nc3c(cc2C#N)CCC3)CC1. The molecule has 1 atom stereocenters. The van der Waals surface area contributed by atoms with Crippen LogP contribution in [0, 0.1) is 11.3 Å². The van der Waals surface area contributed by atoms with Crippen LogP contribution in [-0.4, -0.2) is 42.1 Å². The molecule has 1 aliphatic heterocycles. The molecule has 0 aromatic carbocycles. The first-order chi connectivity index (χ1) is 10.2. The van der Waals surface area contributed by atoms with E-state index >= 15 is 0 Å². The monoisotopic (exact) mass is 284 g/mol. The molecule has 1 aromatic heterocycles. The van der Waals surface area contributed by atoms with Crippen molar-refractivity contribution in [2.24, 2.45) is 0 Å². The molecule has 1 unspecified atom stereocenters. The maximum atomic E-state index is 9.43. The van der Waals surface area contributed by atoms with E-state index < -0.39 is 0 Å². The number of nitrogens with zero attached hydrogens (tertiary/aromatic N) is 4. The summed E-state index contributed by atoms with van der Waals surface area (Å²) in [6, 6.07) is 5.07. The van der Waals surface area contributed by atoms with Gasteiger partial charge in [-0.1, -0.05) is 6.92 Å². The number of anilines is 1. The second kappa shape index (κ2) is 6.03. The van der Waals surface area contributed by atoms with Gasteiger partial charge in [0.2, 0.25) is 0 Å². The third-order valence-electron chi connectivity index (χ3n) is 4.98. The maximum Gasteiger partial charge on any atom is 0.146 e. The van der Waals surface area contributed by atoms with Crippen LogP contribution in [0.15, 0.2) is 6.07 Å². The van der Waals surface area contributed by atoms with Crippen molar-refractivity contribution in [3.05, 3.63) is 22.9 Å². The summed E-state index contributed by atoms with van der Waals surface area (Å²) in [6.07, 6.45) is 4.53. The molecule has 0 amide bonds. The van der Waals surface area contributed by atoms with Crippen LogP contribution in [0.2, 0.25) is 0 Å². The highest BCUT2D eigenvalue weighted by molar-refractivity contribution is 5.57. The Morgan fingerprint density at radius 3 is 2.71 bits per heavy atom. The van der Waals surface area contributed by atoms with Gasteiger partial charge in [-0.15, -0.1) is 0 Å². The lowest BCUT2D eigenvalue weighted by Gasteiger charge is -2.38. The first-order valence-electron chi connectivity index (χ1n) is 8.14. The third-order valence-corrected chi connectivity index (χ3v) is 4.98. The van der Waals surface area contributed by atoms with E-state index in [-0.39, 0.29) is 0 Å². The summed E-state index contributed by atoms with van der Waals surface area (Å²) in [5, 5.41) is 9.43. The summed E-state index contributed by atoms with van der Waals surface area (Å²) in [5.74, 6) is 0.918. The maximum absolute atomic E-state index is 9.43. The van der Waals surface area contributed by atoms with Crippen molar-refractivity contribution in [3.8, 4) is 6.07 Å². The van der Waals surface area contributed by atoms with Gasteiger partial charge in [-0.25, -0.2) is 4.98 Å². The van der Waals surface area contributed by atoms with Crippen LogP contribution in [-0.2, 0) is 12.8 Å². The van der Waals surface area contributed by atoms with E-state index in [1.54, 1.807) is 0 Å². The Morgan fingerprint density at radius 1 is 1.29 bits per heavy atom. The fraction of sp³-hybridized carbons (Fsp3) is 0.647. The average molecular weight is 284 g/mol. The van der Waals surface area contributed by atoms with Crippen LogP contribution in [0.3, 0.4) is 0 Å². The molecule has 1 aliphatic carbocycles. The number of aryl methyl sites for hydroxylation is 2. The third kappa shape index (κ3) is 2.75. The molecule has 112 valence electrons. The van der Waals surface area contributed by atoms with Gasteiger partial charge in [-0.05, 0) is 44.2 Å². The molecular weight excluding hydrogens is 260 g/mol. The molecule has 1 fully saturated rings. The van der Waals surface area contributed by atoms with Crippen molar-refractivity contribution in [2.45, 2.75) is 45.6 Å². The summed E-state index contributed by atoms with van der Waals surface area (Å²) in [7, 11) is 0. The molecule has 0 N–H and O–H groups in total. The molecule has 21 heavy (non-hydrogen) atoms. The fourth-order valence-electron chi connectivity index (χ4n) is 3.42.